The molecule has 12 nitrogen and oxygen atoms in total. The average Bonchev–Trinajstić information content (AvgIpc) is 3.38. The fourth-order valence-electron chi connectivity index (χ4n) is 4.34. The number of hydrogen-bond donors (Lipinski definition) is 4. The first kappa shape index (κ1) is 30.1. The highest BCUT2D eigenvalue weighted by Gasteiger charge is 2.21. The number of anilines is 2. The smallest absolute Gasteiger partial charge is 0.335 e. The molecule has 0 spiro atoms. The number of pyridine rings is 1. The lowest BCUT2D eigenvalue weighted by molar-refractivity contribution is 0.102. The second-order valence-electron chi connectivity index (χ2n) is 10.4. The first-order chi connectivity index (χ1) is 20.9. The van der Waals surface area contributed by atoms with E-state index >= 15 is 4.39 Å². The normalized spacial score (nSPS) is 12.7. The van der Waals surface area contributed by atoms with Crippen LogP contribution >= 0.6 is 0 Å². The summed E-state index contributed by atoms with van der Waals surface area (Å²) in [6.07, 6.45) is 1.92. The lowest BCUT2D eigenvalue weighted by Gasteiger charge is -2.17. The van der Waals surface area contributed by atoms with Gasteiger partial charge >= 0.3 is 5.69 Å². The molecular weight excluding hydrogens is 576 g/mol. The zero-order valence-electron chi connectivity index (χ0n) is 24.1. The maximum atomic E-state index is 15.2. The van der Waals surface area contributed by atoms with E-state index in [9.17, 15) is 23.9 Å². The molecule has 228 valence electrons. The number of amides is 1. The number of ether oxygens (including phenoxy) is 1. The number of nitrogens with one attached hydrogen (secondary N) is 3. The predicted octanol–water partition coefficient (Wildman–Crippen LogP) is 4.36. The molecule has 0 aliphatic heterocycles. The molecule has 44 heavy (non-hydrogen) atoms. The van der Waals surface area contributed by atoms with E-state index in [1.54, 1.807) is 27.7 Å². The maximum Gasteiger partial charge on any atom is 0.335 e. The molecule has 2 aromatic carbocycles. The Hall–Kier alpha value is -5.37. The maximum absolute atomic E-state index is 15.2. The summed E-state index contributed by atoms with van der Waals surface area (Å²) in [6, 6.07) is 9.16. The van der Waals surface area contributed by atoms with Gasteiger partial charge < -0.3 is 20.5 Å². The second kappa shape index (κ2) is 12.1. The van der Waals surface area contributed by atoms with Crippen molar-refractivity contribution in [3.05, 3.63) is 99.0 Å². The van der Waals surface area contributed by atoms with Crippen LogP contribution in [0.2, 0.25) is 0 Å². The van der Waals surface area contributed by atoms with Crippen molar-refractivity contribution in [3.63, 3.8) is 0 Å². The number of hydrogen-bond acceptors (Lipinski definition) is 8. The number of halogens is 2. The molecule has 5 rings (SSSR count). The topological polar surface area (TPSA) is 156 Å². The number of aromatic nitrogens is 5. The Kier molecular flexibility index (Phi) is 8.27. The Labute approximate surface area is 249 Å². The van der Waals surface area contributed by atoms with Crippen molar-refractivity contribution in [2.75, 3.05) is 10.6 Å². The molecule has 3 heterocycles. The minimum atomic E-state index is -0.924. The number of aromatic amines is 1. The Morgan fingerprint density at radius 3 is 2.41 bits per heavy atom. The van der Waals surface area contributed by atoms with Gasteiger partial charge in [-0.2, -0.15) is 5.10 Å². The summed E-state index contributed by atoms with van der Waals surface area (Å²) >= 11 is 0. The van der Waals surface area contributed by atoms with Crippen molar-refractivity contribution in [1.82, 2.24) is 24.3 Å². The van der Waals surface area contributed by atoms with Gasteiger partial charge in [-0.05, 0) is 64.1 Å². The zero-order valence-corrected chi connectivity index (χ0v) is 24.1. The molecule has 0 unspecified atom stereocenters. The van der Waals surface area contributed by atoms with Crippen LogP contribution in [0.3, 0.4) is 0 Å². The van der Waals surface area contributed by atoms with Gasteiger partial charge in [0.15, 0.2) is 23.0 Å². The number of H-pyrrole nitrogens is 1. The highest BCUT2D eigenvalue weighted by molar-refractivity contribution is 6.04. The van der Waals surface area contributed by atoms with Crippen LogP contribution in [0, 0.1) is 11.6 Å². The molecule has 0 aliphatic rings. The van der Waals surface area contributed by atoms with Gasteiger partial charge in [-0.1, -0.05) is 0 Å². The van der Waals surface area contributed by atoms with E-state index in [2.05, 4.69) is 25.8 Å². The highest BCUT2D eigenvalue weighted by atomic mass is 19.1. The van der Waals surface area contributed by atoms with E-state index in [1.165, 1.54) is 41.1 Å². The Morgan fingerprint density at radius 2 is 1.75 bits per heavy atom. The SMILES string of the molecule is CC(C)n1cc(C(=O)Nc2ccc(Oc3ccnc4[nH]nc(N[C@H](C)[C@@H](C)O)c34)c(F)c2)c(=O)n(-c2ccc(F)cc2)c1=O. The Balaban J connectivity index is 1.43. The molecule has 3 aromatic heterocycles. The fourth-order valence-corrected chi connectivity index (χ4v) is 4.34. The van der Waals surface area contributed by atoms with Crippen molar-refractivity contribution < 1.29 is 23.4 Å². The van der Waals surface area contributed by atoms with Crippen LogP contribution in [0.4, 0.5) is 20.3 Å². The molecule has 5 aromatic rings. The minimum absolute atomic E-state index is 0.0196. The number of fused-ring (bicyclic) bond motifs is 1. The largest absolute Gasteiger partial charge is 0.453 e. The molecule has 0 saturated heterocycles. The van der Waals surface area contributed by atoms with Gasteiger partial charge in [0, 0.05) is 36.3 Å². The number of aliphatic hydroxyl groups is 1. The highest BCUT2D eigenvalue weighted by Crippen LogP contribution is 2.34. The number of rotatable bonds is 9. The standard InChI is InChI=1S/C30H29F2N7O5/c1-15(2)38-14-21(29(42)39(30(38)43)20-8-5-18(31)6-9-20)28(41)35-19-7-10-23(22(32)13-19)44-24-11-12-33-26-25(24)27(37-36-26)34-16(3)17(4)40/h5-17,40H,1-4H3,(H,35,41)(H2,33,34,36,37)/t16-,17-/m1/s1. The lowest BCUT2D eigenvalue weighted by atomic mass is 10.2. The van der Waals surface area contributed by atoms with Gasteiger partial charge in [0.05, 0.1) is 17.8 Å². The number of nitrogens with zero attached hydrogens (tertiary/aromatic N) is 4. The molecule has 0 radical (unpaired) electrons. The molecule has 0 fully saturated rings. The Morgan fingerprint density at radius 1 is 1.02 bits per heavy atom. The summed E-state index contributed by atoms with van der Waals surface area (Å²) in [5.74, 6) is -1.84. The van der Waals surface area contributed by atoms with Gasteiger partial charge in [-0.15, -0.1) is 0 Å². The third-order valence-electron chi connectivity index (χ3n) is 6.92. The molecule has 4 N–H and O–H groups in total. The molecule has 14 heteroatoms. The first-order valence-corrected chi connectivity index (χ1v) is 13.6. The molecule has 1 amide bonds. The summed E-state index contributed by atoms with van der Waals surface area (Å²) in [4.78, 5) is 43.8. The van der Waals surface area contributed by atoms with Gasteiger partial charge in [0.2, 0.25) is 0 Å². The van der Waals surface area contributed by atoms with Crippen LogP contribution in [0.25, 0.3) is 16.7 Å². The summed E-state index contributed by atoms with van der Waals surface area (Å²) in [5, 5.41) is 22.8. The summed E-state index contributed by atoms with van der Waals surface area (Å²) in [7, 11) is 0. The van der Waals surface area contributed by atoms with E-state index < -0.39 is 40.9 Å². The van der Waals surface area contributed by atoms with Crippen molar-refractivity contribution in [3.8, 4) is 17.2 Å². The average molecular weight is 606 g/mol. The molecule has 0 aliphatic carbocycles. The van der Waals surface area contributed by atoms with E-state index in [4.69, 9.17) is 4.74 Å². The predicted molar refractivity (Wildman–Crippen MR) is 160 cm³/mol. The number of carbonyl (C=O) groups is 1. The number of benzene rings is 2. The van der Waals surface area contributed by atoms with Gasteiger partial charge in [-0.3, -0.25) is 19.3 Å². The molecule has 0 bridgehead atoms. The summed E-state index contributed by atoms with van der Waals surface area (Å²) < 4.78 is 36.6. The molecule has 0 saturated carbocycles. The van der Waals surface area contributed by atoms with E-state index in [-0.39, 0.29) is 34.5 Å². The quantitative estimate of drug-likeness (QED) is 0.193. The first-order valence-electron chi connectivity index (χ1n) is 13.6. The van der Waals surface area contributed by atoms with Crippen LogP contribution in [0.5, 0.6) is 11.5 Å². The third-order valence-corrected chi connectivity index (χ3v) is 6.92. The fraction of sp³-hybridized carbons (Fsp3) is 0.233. The lowest BCUT2D eigenvalue weighted by Crippen LogP contribution is -2.42. The van der Waals surface area contributed by atoms with Crippen molar-refractivity contribution in [1.29, 1.82) is 0 Å². The van der Waals surface area contributed by atoms with Crippen LogP contribution in [-0.2, 0) is 0 Å². The summed E-state index contributed by atoms with van der Waals surface area (Å²) in [5.41, 5.74) is -1.53. The second-order valence-corrected chi connectivity index (χ2v) is 10.4. The van der Waals surface area contributed by atoms with Crippen molar-refractivity contribution in [2.24, 2.45) is 0 Å². The minimum Gasteiger partial charge on any atom is -0.453 e. The van der Waals surface area contributed by atoms with Crippen LogP contribution < -0.4 is 26.6 Å². The van der Waals surface area contributed by atoms with Crippen LogP contribution in [0.15, 0.2) is 70.5 Å². The monoisotopic (exact) mass is 605 g/mol. The van der Waals surface area contributed by atoms with Gasteiger partial charge in [0.25, 0.3) is 11.5 Å². The number of carbonyl (C=O) groups excluding carboxylic acids is 1. The van der Waals surface area contributed by atoms with Gasteiger partial charge in [0.1, 0.15) is 22.5 Å². The zero-order chi connectivity index (χ0) is 31.7. The van der Waals surface area contributed by atoms with E-state index in [0.717, 1.165) is 29.0 Å². The molecule has 2 atom stereocenters. The molecular formula is C30H29F2N7O5. The van der Waals surface area contributed by atoms with Crippen molar-refractivity contribution >= 4 is 28.4 Å². The van der Waals surface area contributed by atoms with E-state index in [0.29, 0.717) is 16.9 Å². The third kappa shape index (κ3) is 5.92. The Bertz CT molecular complexity index is 1970. The summed E-state index contributed by atoms with van der Waals surface area (Å²) in [6.45, 7) is 6.79. The number of aliphatic hydroxyl groups excluding tert-OH is 1. The van der Waals surface area contributed by atoms with Crippen LogP contribution in [-0.4, -0.2) is 47.5 Å². The van der Waals surface area contributed by atoms with Crippen molar-refractivity contribution in [2.45, 2.75) is 45.9 Å². The van der Waals surface area contributed by atoms with E-state index in [1.807, 2.05) is 0 Å². The van der Waals surface area contributed by atoms with Gasteiger partial charge in [-0.25, -0.2) is 23.1 Å². The van der Waals surface area contributed by atoms with Crippen LogP contribution in [0.1, 0.15) is 44.1 Å².